The molecule has 190 valence electrons. The molecular formula is C27H22Cl3N3O4. The zero-order valence-corrected chi connectivity index (χ0v) is 21.7. The molecule has 0 aliphatic carbocycles. The lowest BCUT2D eigenvalue weighted by atomic mass is 10.1. The highest BCUT2D eigenvalue weighted by molar-refractivity contribution is 6.35. The van der Waals surface area contributed by atoms with E-state index in [1.807, 2.05) is 16.8 Å². The normalized spacial score (nSPS) is 19.1. The van der Waals surface area contributed by atoms with Crippen molar-refractivity contribution in [3.8, 4) is 5.75 Å². The monoisotopic (exact) mass is 557 g/mol. The van der Waals surface area contributed by atoms with Crippen LogP contribution in [-0.4, -0.2) is 34.8 Å². The van der Waals surface area contributed by atoms with E-state index in [0.29, 0.717) is 50.8 Å². The molecule has 37 heavy (non-hydrogen) atoms. The minimum atomic E-state index is -1.12. The van der Waals surface area contributed by atoms with Gasteiger partial charge in [-0.2, -0.15) is 0 Å². The van der Waals surface area contributed by atoms with Gasteiger partial charge in [-0.1, -0.05) is 40.9 Å². The SMILES string of the molecule is O=C(Nc1ccc(OC[C@@H]2CO[C@@](Cn3ccnc3)(c3ccc(Cl)cc3Cl)O2)cc1)c1ccc(Cl)cc1. The number of benzene rings is 3. The van der Waals surface area contributed by atoms with Crippen LogP contribution >= 0.6 is 34.8 Å². The van der Waals surface area contributed by atoms with E-state index >= 15 is 0 Å². The van der Waals surface area contributed by atoms with E-state index in [2.05, 4.69) is 10.3 Å². The first kappa shape index (κ1) is 25.6. The van der Waals surface area contributed by atoms with Gasteiger partial charge in [0.15, 0.2) is 0 Å². The Morgan fingerprint density at radius 1 is 1.05 bits per heavy atom. The number of carbonyl (C=O) groups excluding carboxylic acids is 1. The van der Waals surface area contributed by atoms with Crippen LogP contribution in [-0.2, 0) is 21.8 Å². The lowest BCUT2D eigenvalue weighted by molar-refractivity contribution is -0.189. The first-order valence-electron chi connectivity index (χ1n) is 11.4. The molecule has 4 aromatic rings. The van der Waals surface area contributed by atoms with Crippen molar-refractivity contribution >= 4 is 46.4 Å². The van der Waals surface area contributed by atoms with Crippen molar-refractivity contribution in [2.75, 3.05) is 18.5 Å². The molecule has 1 aliphatic heterocycles. The second-order valence-electron chi connectivity index (χ2n) is 8.46. The molecule has 3 aromatic carbocycles. The molecule has 0 radical (unpaired) electrons. The maximum Gasteiger partial charge on any atom is 0.255 e. The third-order valence-electron chi connectivity index (χ3n) is 5.81. The number of hydrogen-bond donors (Lipinski definition) is 1. The maximum absolute atomic E-state index is 12.4. The molecule has 5 rings (SSSR count). The zero-order valence-electron chi connectivity index (χ0n) is 19.4. The largest absolute Gasteiger partial charge is 0.491 e. The number of rotatable bonds is 8. The molecule has 1 aliphatic rings. The molecule has 1 aromatic heterocycles. The van der Waals surface area contributed by atoms with Gasteiger partial charge in [0.25, 0.3) is 5.91 Å². The second kappa shape index (κ2) is 11.1. The van der Waals surface area contributed by atoms with Crippen LogP contribution in [0.15, 0.2) is 85.5 Å². The molecule has 2 heterocycles. The molecule has 0 saturated carbocycles. The highest BCUT2D eigenvalue weighted by Crippen LogP contribution is 2.40. The number of anilines is 1. The van der Waals surface area contributed by atoms with E-state index in [9.17, 15) is 4.79 Å². The van der Waals surface area contributed by atoms with E-state index in [-0.39, 0.29) is 18.6 Å². The number of hydrogen-bond acceptors (Lipinski definition) is 5. The van der Waals surface area contributed by atoms with Gasteiger partial charge >= 0.3 is 0 Å². The fourth-order valence-electron chi connectivity index (χ4n) is 4.00. The number of ether oxygens (including phenoxy) is 3. The van der Waals surface area contributed by atoms with Crippen molar-refractivity contribution in [2.24, 2.45) is 0 Å². The van der Waals surface area contributed by atoms with Crippen LogP contribution in [0.5, 0.6) is 5.75 Å². The average molecular weight is 559 g/mol. The van der Waals surface area contributed by atoms with Gasteiger partial charge in [0, 0.05) is 39.3 Å². The minimum absolute atomic E-state index is 0.225. The third kappa shape index (κ3) is 6.09. The summed E-state index contributed by atoms with van der Waals surface area (Å²) in [6.45, 7) is 0.920. The standard InChI is InChI=1S/C27H22Cl3N3O4/c28-19-3-1-18(2-4-19)26(34)32-21-6-8-22(9-7-21)35-14-23-15-36-27(37-23,16-33-12-11-31-17-33)24-10-5-20(29)13-25(24)30/h1-13,17,23H,14-16H2,(H,32,34)/t23-,27-/m1/s1. The molecule has 0 spiro atoms. The Labute approximate surface area is 228 Å². The van der Waals surface area contributed by atoms with Gasteiger partial charge in [-0.15, -0.1) is 0 Å². The quantitative estimate of drug-likeness (QED) is 0.269. The number of carbonyl (C=O) groups is 1. The van der Waals surface area contributed by atoms with E-state index in [4.69, 9.17) is 49.0 Å². The Morgan fingerprint density at radius 3 is 2.51 bits per heavy atom. The van der Waals surface area contributed by atoms with Gasteiger partial charge in [0.05, 0.1) is 24.5 Å². The van der Waals surface area contributed by atoms with Crippen LogP contribution in [0.1, 0.15) is 15.9 Å². The number of aromatic nitrogens is 2. The number of imidazole rings is 1. The summed E-state index contributed by atoms with van der Waals surface area (Å²) in [5, 5.41) is 4.40. The molecule has 1 amide bonds. The average Bonchev–Trinajstić information content (AvgIpc) is 3.54. The van der Waals surface area contributed by atoms with E-state index in [1.165, 1.54) is 0 Å². The lowest BCUT2D eigenvalue weighted by Gasteiger charge is -2.30. The molecule has 1 fully saturated rings. The molecular weight excluding hydrogens is 537 g/mol. The smallest absolute Gasteiger partial charge is 0.255 e. The molecule has 7 nitrogen and oxygen atoms in total. The predicted octanol–water partition coefficient (Wildman–Crippen LogP) is 6.44. The Hall–Kier alpha value is -3.07. The van der Waals surface area contributed by atoms with Crippen molar-refractivity contribution in [3.63, 3.8) is 0 Å². The summed E-state index contributed by atoms with van der Waals surface area (Å²) in [6.07, 6.45) is 4.86. The summed E-state index contributed by atoms with van der Waals surface area (Å²) < 4.78 is 20.4. The second-order valence-corrected chi connectivity index (χ2v) is 9.74. The molecule has 0 unspecified atom stereocenters. The molecule has 1 N–H and O–H groups in total. The predicted molar refractivity (Wildman–Crippen MR) is 143 cm³/mol. The van der Waals surface area contributed by atoms with Gasteiger partial charge in [-0.25, -0.2) is 4.98 Å². The lowest BCUT2D eigenvalue weighted by Crippen LogP contribution is -2.34. The molecule has 0 bridgehead atoms. The van der Waals surface area contributed by atoms with Crippen LogP contribution in [0.3, 0.4) is 0 Å². The van der Waals surface area contributed by atoms with Crippen molar-refractivity contribution in [2.45, 2.75) is 18.4 Å². The Balaban J connectivity index is 1.22. The number of nitrogens with zero attached hydrogens (tertiary/aromatic N) is 2. The van der Waals surface area contributed by atoms with E-state index in [0.717, 1.165) is 0 Å². The molecule has 2 atom stereocenters. The number of halogens is 3. The van der Waals surface area contributed by atoms with Crippen molar-refractivity contribution < 1.29 is 19.0 Å². The van der Waals surface area contributed by atoms with Crippen LogP contribution in [0, 0.1) is 0 Å². The summed E-state index contributed by atoms with van der Waals surface area (Å²) in [4.78, 5) is 16.5. The van der Waals surface area contributed by atoms with Gasteiger partial charge in [0.1, 0.15) is 18.5 Å². The minimum Gasteiger partial charge on any atom is -0.491 e. The van der Waals surface area contributed by atoms with E-state index < -0.39 is 5.79 Å². The van der Waals surface area contributed by atoms with Gasteiger partial charge < -0.3 is 24.1 Å². The van der Waals surface area contributed by atoms with Gasteiger partial charge in [-0.3, -0.25) is 4.79 Å². The summed E-state index contributed by atoms with van der Waals surface area (Å²) in [6, 6.07) is 19.0. The fraction of sp³-hybridized carbons (Fsp3) is 0.185. The van der Waals surface area contributed by atoms with Gasteiger partial charge in [-0.05, 0) is 60.7 Å². The van der Waals surface area contributed by atoms with Crippen molar-refractivity contribution in [1.29, 1.82) is 0 Å². The summed E-state index contributed by atoms with van der Waals surface area (Å²) in [5.74, 6) is -0.715. The third-order valence-corrected chi connectivity index (χ3v) is 6.61. The van der Waals surface area contributed by atoms with Crippen LogP contribution in [0.4, 0.5) is 5.69 Å². The van der Waals surface area contributed by atoms with E-state index in [1.54, 1.807) is 73.2 Å². The first-order valence-corrected chi connectivity index (χ1v) is 12.6. The summed E-state index contributed by atoms with van der Waals surface area (Å²) >= 11 is 18.5. The van der Waals surface area contributed by atoms with Crippen molar-refractivity contribution in [1.82, 2.24) is 9.55 Å². The van der Waals surface area contributed by atoms with Crippen LogP contribution < -0.4 is 10.1 Å². The van der Waals surface area contributed by atoms with Crippen LogP contribution in [0.25, 0.3) is 0 Å². The Morgan fingerprint density at radius 2 is 1.81 bits per heavy atom. The molecule has 10 heteroatoms. The number of nitrogens with one attached hydrogen (secondary N) is 1. The Kier molecular flexibility index (Phi) is 7.69. The topological polar surface area (TPSA) is 74.6 Å². The Bertz CT molecular complexity index is 1360. The fourth-order valence-corrected chi connectivity index (χ4v) is 4.68. The van der Waals surface area contributed by atoms with Crippen molar-refractivity contribution in [3.05, 3.63) is 112 Å². The first-order chi connectivity index (χ1) is 17.9. The summed E-state index contributed by atoms with van der Waals surface area (Å²) in [7, 11) is 0. The highest BCUT2D eigenvalue weighted by atomic mass is 35.5. The van der Waals surface area contributed by atoms with Gasteiger partial charge in [0.2, 0.25) is 5.79 Å². The highest BCUT2D eigenvalue weighted by Gasteiger charge is 2.45. The molecule has 1 saturated heterocycles. The van der Waals surface area contributed by atoms with Crippen LogP contribution in [0.2, 0.25) is 15.1 Å². The maximum atomic E-state index is 12.4. The summed E-state index contributed by atoms with van der Waals surface area (Å²) in [5.41, 5.74) is 1.84. The zero-order chi connectivity index (χ0) is 25.8. The number of amides is 1.